The van der Waals surface area contributed by atoms with Gasteiger partial charge in [0, 0.05) is 19.7 Å². The van der Waals surface area contributed by atoms with E-state index in [9.17, 15) is 0 Å². The number of aromatic nitrogens is 1. The molecule has 2 N–H and O–H groups in total. The lowest BCUT2D eigenvalue weighted by Gasteiger charge is -2.12. The van der Waals surface area contributed by atoms with E-state index < -0.39 is 0 Å². The maximum atomic E-state index is 5.55. The molecule has 1 aromatic heterocycles. The first-order valence-corrected chi connectivity index (χ1v) is 5.95. The maximum Gasteiger partial charge on any atom is 0.128 e. The van der Waals surface area contributed by atoms with Crippen molar-refractivity contribution in [2.45, 2.75) is 25.9 Å². The van der Waals surface area contributed by atoms with Gasteiger partial charge in [0.2, 0.25) is 0 Å². The molecule has 1 aliphatic rings. The molecule has 16 heavy (non-hydrogen) atoms. The predicted octanol–water partition coefficient (Wildman–Crippen LogP) is 2.10. The van der Waals surface area contributed by atoms with E-state index in [0.717, 1.165) is 37.8 Å². The summed E-state index contributed by atoms with van der Waals surface area (Å²) >= 11 is 0. The molecule has 0 saturated carbocycles. The van der Waals surface area contributed by atoms with E-state index in [0.29, 0.717) is 6.10 Å². The zero-order valence-electron chi connectivity index (χ0n) is 9.70. The van der Waals surface area contributed by atoms with Crippen molar-refractivity contribution in [1.29, 1.82) is 0 Å². The Morgan fingerprint density at radius 2 is 2.19 bits per heavy atom. The van der Waals surface area contributed by atoms with Crippen molar-refractivity contribution in [3.63, 3.8) is 0 Å². The minimum absolute atomic E-state index is 0.351. The number of hydrogen-bond donors (Lipinski definition) is 2. The highest BCUT2D eigenvalue weighted by atomic mass is 16.5. The molecular weight excluding hydrogens is 202 g/mol. The number of pyridine rings is 1. The summed E-state index contributed by atoms with van der Waals surface area (Å²) in [6.07, 6.45) is 2.68. The lowest BCUT2D eigenvalue weighted by molar-refractivity contribution is 0.120. The van der Waals surface area contributed by atoms with Gasteiger partial charge < -0.3 is 15.4 Å². The fraction of sp³-hybridized carbons (Fsp3) is 0.583. The molecule has 0 spiro atoms. The standard InChI is InChI=1S/C12H19N3O/c1-2-13-11-6-3-7-12(15-11)14-9-10-5-4-8-16-10/h3,6-7,10H,2,4-5,8-9H2,1H3,(H2,13,14,15). The Labute approximate surface area is 96.4 Å². The minimum atomic E-state index is 0.351. The Balaban J connectivity index is 1.85. The molecule has 4 nitrogen and oxygen atoms in total. The molecule has 0 radical (unpaired) electrons. The summed E-state index contributed by atoms with van der Waals surface area (Å²) in [5, 5.41) is 6.50. The highest BCUT2D eigenvalue weighted by Crippen LogP contribution is 2.14. The molecule has 1 aliphatic heterocycles. The van der Waals surface area contributed by atoms with Crippen LogP contribution in [-0.2, 0) is 4.74 Å². The molecule has 1 saturated heterocycles. The second-order valence-electron chi connectivity index (χ2n) is 3.95. The molecule has 2 heterocycles. The molecule has 1 fully saturated rings. The van der Waals surface area contributed by atoms with Crippen molar-refractivity contribution in [2.24, 2.45) is 0 Å². The summed E-state index contributed by atoms with van der Waals surface area (Å²) in [5.74, 6) is 1.83. The van der Waals surface area contributed by atoms with Crippen LogP contribution in [0.25, 0.3) is 0 Å². The third-order valence-electron chi connectivity index (χ3n) is 2.64. The maximum absolute atomic E-state index is 5.55. The van der Waals surface area contributed by atoms with E-state index in [1.165, 1.54) is 6.42 Å². The predicted molar refractivity (Wildman–Crippen MR) is 65.9 cm³/mol. The number of hydrogen-bond acceptors (Lipinski definition) is 4. The van der Waals surface area contributed by atoms with Crippen LogP contribution in [0.5, 0.6) is 0 Å². The second kappa shape index (κ2) is 5.70. The van der Waals surface area contributed by atoms with Gasteiger partial charge in [0.25, 0.3) is 0 Å². The summed E-state index contributed by atoms with van der Waals surface area (Å²) in [7, 11) is 0. The van der Waals surface area contributed by atoms with Gasteiger partial charge in [-0.05, 0) is 31.9 Å². The number of rotatable bonds is 5. The van der Waals surface area contributed by atoms with E-state index in [1.54, 1.807) is 0 Å². The zero-order valence-corrected chi connectivity index (χ0v) is 9.70. The van der Waals surface area contributed by atoms with Crippen LogP contribution in [0.3, 0.4) is 0 Å². The molecule has 2 rings (SSSR count). The lowest BCUT2D eigenvalue weighted by Crippen LogP contribution is -2.19. The Morgan fingerprint density at radius 1 is 1.38 bits per heavy atom. The smallest absolute Gasteiger partial charge is 0.128 e. The van der Waals surface area contributed by atoms with E-state index in [1.807, 2.05) is 18.2 Å². The summed E-state index contributed by atoms with van der Waals surface area (Å²) in [6.45, 7) is 4.70. The third-order valence-corrected chi connectivity index (χ3v) is 2.64. The number of anilines is 2. The van der Waals surface area contributed by atoms with Gasteiger partial charge in [0.1, 0.15) is 11.6 Å². The number of nitrogens with zero attached hydrogens (tertiary/aromatic N) is 1. The molecular formula is C12H19N3O. The second-order valence-corrected chi connectivity index (χ2v) is 3.95. The Bertz CT molecular complexity index is 324. The molecule has 88 valence electrons. The van der Waals surface area contributed by atoms with Gasteiger partial charge in [-0.1, -0.05) is 6.07 Å². The molecule has 1 atom stereocenters. The Kier molecular flexibility index (Phi) is 3.99. The topological polar surface area (TPSA) is 46.2 Å². The normalized spacial score (nSPS) is 19.7. The van der Waals surface area contributed by atoms with E-state index in [-0.39, 0.29) is 0 Å². The largest absolute Gasteiger partial charge is 0.376 e. The van der Waals surface area contributed by atoms with Crippen LogP contribution in [-0.4, -0.2) is 30.8 Å². The third kappa shape index (κ3) is 3.10. The van der Waals surface area contributed by atoms with Crippen LogP contribution in [0.4, 0.5) is 11.6 Å². The SMILES string of the molecule is CCNc1cccc(NCC2CCCO2)n1. The average Bonchev–Trinajstić information content (AvgIpc) is 2.80. The Morgan fingerprint density at radius 3 is 2.88 bits per heavy atom. The van der Waals surface area contributed by atoms with Crippen molar-refractivity contribution in [1.82, 2.24) is 4.98 Å². The molecule has 0 bridgehead atoms. The van der Waals surface area contributed by atoms with Gasteiger partial charge in [0.15, 0.2) is 0 Å². The van der Waals surface area contributed by atoms with Crippen LogP contribution in [0.15, 0.2) is 18.2 Å². The van der Waals surface area contributed by atoms with Crippen molar-refractivity contribution in [3.8, 4) is 0 Å². The highest BCUT2D eigenvalue weighted by Gasteiger charge is 2.14. The number of ether oxygens (including phenoxy) is 1. The van der Waals surface area contributed by atoms with Gasteiger partial charge in [-0.3, -0.25) is 0 Å². The highest BCUT2D eigenvalue weighted by molar-refractivity contribution is 5.45. The van der Waals surface area contributed by atoms with Crippen molar-refractivity contribution in [2.75, 3.05) is 30.3 Å². The van der Waals surface area contributed by atoms with Gasteiger partial charge in [-0.2, -0.15) is 0 Å². The van der Waals surface area contributed by atoms with Gasteiger partial charge in [0.05, 0.1) is 6.10 Å². The summed E-state index contributed by atoms with van der Waals surface area (Å²) in [6, 6.07) is 5.96. The van der Waals surface area contributed by atoms with Crippen LogP contribution >= 0.6 is 0 Å². The quantitative estimate of drug-likeness (QED) is 0.799. The summed E-state index contributed by atoms with van der Waals surface area (Å²) < 4.78 is 5.55. The first-order valence-electron chi connectivity index (χ1n) is 5.95. The number of nitrogens with one attached hydrogen (secondary N) is 2. The van der Waals surface area contributed by atoms with Crippen LogP contribution in [0.2, 0.25) is 0 Å². The van der Waals surface area contributed by atoms with Crippen molar-refractivity contribution >= 4 is 11.6 Å². The lowest BCUT2D eigenvalue weighted by atomic mass is 10.2. The van der Waals surface area contributed by atoms with E-state index >= 15 is 0 Å². The van der Waals surface area contributed by atoms with Crippen molar-refractivity contribution in [3.05, 3.63) is 18.2 Å². The van der Waals surface area contributed by atoms with Crippen molar-refractivity contribution < 1.29 is 4.74 Å². The summed E-state index contributed by atoms with van der Waals surface area (Å²) in [5.41, 5.74) is 0. The van der Waals surface area contributed by atoms with E-state index in [4.69, 9.17) is 4.74 Å². The van der Waals surface area contributed by atoms with Gasteiger partial charge in [-0.25, -0.2) is 4.98 Å². The fourth-order valence-corrected chi connectivity index (χ4v) is 1.84. The monoisotopic (exact) mass is 221 g/mol. The molecule has 0 amide bonds. The van der Waals surface area contributed by atoms with Crippen LogP contribution in [0, 0.1) is 0 Å². The van der Waals surface area contributed by atoms with Gasteiger partial charge >= 0.3 is 0 Å². The fourth-order valence-electron chi connectivity index (χ4n) is 1.84. The van der Waals surface area contributed by atoms with Crippen LogP contribution < -0.4 is 10.6 Å². The van der Waals surface area contributed by atoms with Gasteiger partial charge in [-0.15, -0.1) is 0 Å². The molecule has 1 aromatic rings. The van der Waals surface area contributed by atoms with Crippen LogP contribution in [0.1, 0.15) is 19.8 Å². The first kappa shape index (κ1) is 11.2. The van der Waals surface area contributed by atoms with E-state index in [2.05, 4.69) is 22.5 Å². The molecule has 4 heteroatoms. The molecule has 0 aromatic carbocycles. The average molecular weight is 221 g/mol. The molecule has 0 aliphatic carbocycles. The molecule has 1 unspecified atom stereocenters. The zero-order chi connectivity index (χ0) is 11.2. The first-order chi connectivity index (χ1) is 7.88. The summed E-state index contributed by atoms with van der Waals surface area (Å²) in [4.78, 5) is 4.45. The minimum Gasteiger partial charge on any atom is -0.376 e. The Hall–Kier alpha value is -1.29.